The number of hydrogen-bond donors (Lipinski definition) is 0. The SMILES string of the molecule is O=C1C(Sc2ccccc2)=C(c2ccccc2)c2cc(F)ccc21. The standard InChI is InChI=1S/C21H13FOS/c22-15-11-12-17-18(13-15)19(14-7-3-1-4-8-14)21(20(17)23)24-16-9-5-2-6-10-16/h1-13H. The molecule has 0 saturated heterocycles. The molecule has 4 rings (SSSR count). The zero-order chi connectivity index (χ0) is 16.5. The van der Waals surface area contributed by atoms with E-state index in [-0.39, 0.29) is 11.6 Å². The molecule has 3 aromatic rings. The second-order valence-electron chi connectivity index (χ2n) is 5.50. The van der Waals surface area contributed by atoms with E-state index in [1.807, 2.05) is 60.7 Å². The molecule has 116 valence electrons. The van der Waals surface area contributed by atoms with Crippen LogP contribution in [0, 0.1) is 5.82 Å². The zero-order valence-electron chi connectivity index (χ0n) is 12.7. The highest BCUT2D eigenvalue weighted by Crippen LogP contribution is 2.44. The van der Waals surface area contributed by atoms with Crippen LogP contribution in [-0.4, -0.2) is 5.78 Å². The Morgan fingerprint density at radius 1 is 0.750 bits per heavy atom. The molecule has 0 heterocycles. The van der Waals surface area contributed by atoms with E-state index in [1.54, 1.807) is 6.07 Å². The average molecular weight is 332 g/mol. The van der Waals surface area contributed by atoms with Crippen LogP contribution in [-0.2, 0) is 0 Å². The first-order chi connectivity index (χ1) is 11.7. The van der Waals surface area contributed by atoms with Crippen molar-refractivity contribution in [2.75, 3.05) is 0 Å². The summed E-state index contributed by atoms with van der Waals surface area (Å²) in [5.41, 5.74) is 2.97. The number of benzene rings is 3. The van der Waals surface area contributed by atoms with Gasteiger partial charge in [0.05, 0.1) is 4.91 Å². The fourth-order valence-electron chi connectivity index (χ4n) is 2.87. The van der Waals surface area contributed by atoms with Crippen LogP contribution >= 0.6 is 11.8 Å². The lowest BCUT2D eigenvalue weighted by Gasteiger charge is -2.08. The minimum absolute atomic E-state index is 0.0438. The second-order valence-corrected chi connectivity index (χ2v) is 6.59. The Kier molecular flexibility index (Phi) is 3.79. The van der Waals surface area contributed by atoms with Gasteiger partial charge in [0.25, 0.3) is 0 Å². The molecule has 0 aliphatic heterocycles. The predicted molar refractivity (Wildman–Crippen MR) is 95.5 cm³/mol. The van der Waals surface area contributed by atoms with Gasteiger partial charge in [0, 0.05) is 16.0 Å². The number of rotatable bonds is 3. The first-order valence-corrected chi connectivity index (χ1v) is 8.43. The van der Waals surface area contributed by atoms with Crippen molar-refractivity contribution in [3.63, 3.8) is 0 Å². The summed E-state index contributed by atoms with van der Waals surface area (Å²) in [6, 6.07) is 23.8. The highest BCUT2D eigenvalue weighted by atomic mass is 32.2. The lowest BCUT2D eigenvalue weighted by atomic mass is 9.99. The molecule has 3 aromatic carbocycles. The van der Waals surface area contributed by atoms with Crippen molar-refractivity contribution in [2.24, 2.45) is 0 Å². The zero-order valence-corrected chi connectivity index (χ0v) is 13.5. The molecule has 0 bridgehead atoms. The lowest BCUT2D eigenvalue weighted by molar-refractivity contribution is 0.104. The predicted octanol–water partition coefficient (Wildman–Crippen LogP) is 5.57. The van der Waals surface area contributed by atoms with E-state index in [2.05, 4.69) is 0 Å². The number of hydrogen-bond acceptors (Lipinski definition) is 2. The Hall–Kier alpha value is -2.65. The van der Waals surface area contributed by atoms with Crippen molar-refractivity contribution >= 4 is 23.1 Å². The first-order valence-electron chi connectivity index (χ1n) is 7.61. The fourth-order valence-corrected chi connectivity index (χ4v) is 3.94. The van der Waals surface area contributed by atoms with E-state index in [0.29, 0.717) is 16.0 Å². The van der Waals surface area contributed by atoms with Gasteiger partial charge < -0.3 is 0 Å². The van der Waals surface area contributed by atoms with Gasteiger partial charge in [0.2, 0.25) is 5.78 Å². The molecule has 24 heavy (non-hydrogen) atoms. The van der Waals surface area contributed by atoms with E-state index in [4.69, 9.17) is 0 Å². The van der Waals surface area contributed by atoms with Gasteiger partial charge in [0.15, 0.2) is 0 Å². The van der Waals surface area contributed by atoms with Gasteiger partial charge in [-0.2, -0.15) is 0 Å². The van der Waals surface area contributed by atoms with Crippen LogP contribution in [0.5, 0.6) is 0 Å². The van der Waals surface area contributed by atoms with Crippen LogP contribution < -0.4 is 0 Å². The first kappa shape index (κ1) is 14.9. The van der Waals surface area contributed by atoms with Crippen LogP contribution in [0.2, 0.25) is 0 Å². The van der Waals surface area contributed by atoms with Crippen molar-refractivity contribution in [2.45, 2.75) is 4.90 Å². The largest absolute Gasteiger partial charge is 0.288 e. The number of carbonyl (C=O) groups is 1. The maximum atomic E-state index is 13.8. The summed E-state index contributed by atoms with van der Waals surface area (Å²) in [4.78, 5) is 14.5. The molecule has 0 amide bonds. The van der Waals surface area contributed by atoms with Crippen LogP contribution in [0.25, 0.3) is 5.57 Å². The summed E-state index contributed by atoms with van der Waals surface area (Å²) in [7, 11) is 0. The molecule has 3 heteroatoms. The minimum atomic E-state index is -0.332. The highest BCUT2D eigenvalue weighted by Gasteiger charge is 2.31. The molecule has 0 saturated carbocycles. The normalized spacial score (nSPS) is 13.3. The molecule has 1 aliphatic carbocycles. The molecule has 0 radical (unpaired) electrons. The molecule has 1 aliphatic rings. The van der Waals surface area contributed by atoms with Gasteiger partial charge in [0.1, 0.15) is 5.82 Å². The highest BCUT2D eigenvalue weighted by molar-refractivity contribution is 8.04. The van der Waals surface area contributed by atoms with Crippen LogP contribution in [0.1, 0.15) is 21.5 Å². The summed E-state index contributed by atoms with van der Waals surface area (Å²) >= 11 is 1.43. The number of carbonyl (C=O) groups excluding carboxylic acids is 1. The van der Waals surface area contributed by atoms with Crippen molar-refractivity contribution in [1.29, 1.82) is 0 Å². The smallest absolute Gasteiger partial charge is 0.200 e. The van der Waals surface area contributed by atoms with E-state index >= 15 is 0 Å². The van der Waals surface area contributed by atoms with Crippen molar-refractivity contribution in [3.8, 4) is 0 Å². The van der Waals surface area contributed by atoms with E-state index in [0.717, 1.165) is 16.0 Å². The van der Waals surface area contributed by atoms with Gasteiger partial charge in [-0.25, -0.2) is 4.39 Å². The van der Waals surface area contributed by atoms with Crippen LogP contribution in [0.15, 0.2) is 88.7 Å². The third kappa shape index (κ3) is 2.57. The van der Waals surface area contributed by atoms with E-state index in [1.165, 1.54) is 23.9 Å². The Balaban J connectivity index is 1.92. The maximum Gasteiger partial charge on any atom is 0.200 e. The Morgan fingerprint density at radius 3 is 2.12 bits per heavy atom. The number of ketones is 1. The van der Waals surface area contributed by atoms with Gasteiger partial charge in [-0.3, -0.25) is 4.79 Å². The van der Waals surface area contributed by atoms with Crippen molar-refractivity contribution in [1.82, 2.24) is 0 Å². The second kappa shape index (κ2) is 6.10. The quantitative estimate of drug-likeness (QED) is 0.623. The molecule has 0 unspecified atom stereocenters. The third-order valence-corrected chi connectivity index (χ3v) is 5.06. The maximum absolute atomic E-state index is 13.8. The summed E-state index contributed by atoms with van der Waals surface area (Å²) in [6.45, 7) is 0. The third-order valence-electron chi connectivity index (χ3n) is 3.95. The van der Waals surface area contributed by atoms with Crippen molar-refractivity contribution in [3.05, 3.63) is 106 Å². The summed E-state index contributed by atoms with van der Waals surface area (Å²) in [6.07, 6.45) is 0. The lowest BCUT2D eigenvalue weighted by Crippen LogP contribution is -1.96. The monoisotopic (exact) mass is 332 g/mol. The summed E-state index contributed by atoms with van der Waals surface area (Å²) in [5.74, 6) is -0.376. The van der Waals surface area contributed by atoms with Crippen LogP contribution in [0.3, 0.4) is 0 Å². The molecule has 1 nitrogen and oxygen atoms in total. The van der Waals surface area contributed by atoms with Crippen molar-refractivity contribution < 1.29 is 9.18 Å². The minimum Gasteiger partial charge on any atom is -0.288 e. The molecule has 0 N–H and O–H groups in total. The van der Waals surface area contributed by atoms with Gasteiger partial charge >= 0.3 is 0 Å². The van der Waals surface area contributed by atoms with Gasteiger partial charge in [-0.1, -0.05) is 60.3 Å². The summed E-state index contributed by atoms with van der Waals surface area (Å²) in [5, 5.41) is 0. The Labute approximate surface area is 143 Å². The average Bonchev–Trinajstić information content (AvgIpc) is 2.88. The van der Waals surface area contributed by atoms with E-state index in [9.17, 15) is 9.18 Å². The molecule has 0 aromatic heterocycles. The topological polar surface area (TPSA) is 17.1 Å². The number of thioether (sulfide) groups is 1. The van der Waals surface area contributed by atoms with Gasteiger partial charge in [-0.05, 0) is 41.5 Å². The number of fused-ring (bicyclic) bond motifs is 1. The number of Topliss-reactive ketones (excluding diaryl/α,β-unsaturated/α-hetero) is 1. The van der Waals surface area contributed by atoms with Crippen LogP contribution in [0.4, 0.5) is 4.39 Å². The molecule has 0 fully saturated rings. The van der Waals surface area contributed by atoms with Gasteiger partial charge in [-0.15, -0.1) is 0 Å². The molecular weight excluding hydrogens is 319 g/mol. The Bertz CT molecular complexity index is 946. The molecular formula is C21H13FOS. The number of allylic oxidation sites excluding steroid dienone is 1. The van der Waals surface area contributed by atoms with E-state index < -0.39 is 0 Å². The Morgan fingerprint density at radius 2 is 1.42 bits per heavy atom. The number of halogens is 1. The molecule has 0 spiro atoms. The summed E-state index contributed by atoms with van der Waals surface area (Å²) < 4.78 is 13.8. The molecule has 0 atom stereocenters. The fraction of sp³-hybridized carbons (Fsp3) is 0.